The topological polar surface area (TPSA) is 17.8 Å². The van der Waals surface area contributed by atoms with E-state index in [1.165, 1.54) is 0 Å². The molecule has 0 spiro atoms. The van der Waals surface area contributed by atoms with Crippen molar-refractivity contribution in [1.82, 2.24) is 9.55 Å². The van der Waals surface area contributed by atoms with Crippen LogP contribution in [0.4, 0.5) is 4.39 Å². The zero-order valence-electron chi connectivity index (χ0n) is 11.1. The van der Waals surface area contributed by atoms with Gasteiger partial charge >= 0.3 is 0 Å². The number of alkyl halides is 1. The van der Waals surface area contributed by atoms with Gasteiger partial charge in [0.25, 0.3) is 0 Å². The molecule has 1 unspecified atom stereocenters. The van der Waals surface area contributed by atoms with Crippen LogP contribution < -0.4 is 0 Å². The molecule has 0 saturated carbocycles. The minimum absolute atomic E-state index is 0.185. The molecule has 0 aliphatic heterocycles. The number of hydrogen-bond donors (Lipinski definition) is 0. The third-order valence-corrected chi connectivity index (χ3v) is 4.29. The Balaban J connectivity index is 2.61. The Morgan fingerprint density at radius 2 is 2.21 bits per heavy atom. The number of rotatable bonds is 5. The maximum Gasteiger partial charge on any atom is 0.138 e. The van der Waals surface area contributed by atoms with Gasteiger partial charge < -0.3 is 4.57 Å². The summed E-state index contributed by atoms with van der Waals surface area (Å²) in [5.41, 5.74) is 1.73. The third kappa shape index (κ3) is 3.05. The molecule has 0 amide bonds. The van der Waals surface area contributed by atoms with E-state index in [0.29, 0.717) is 21.9 Å². The molecular weight excluding hydrogens is 378 g/mol. The molecule has 0 aliphatic carbocycles. The highest BCUT2D eigenvalue weighted by molar-refractivity contribution is 14.1. The molecule has 0 bridgehead atoms. The first kappa shape index (κ1) is 15.0. The van der Waals surface area contributed by atoms with E-state index in [1.54, 1.807) is 12.1 Å². The fourth-order valence-corrected chi connectivity index (χ4v) is 3.06. The smallest absolute Gasteiger partial charge is 0.138 e. The quantitative estimate of drug-likeness (QED) is 0.520. The number of aryl methyl sites for hydroxylation is 1. The van der Waals surface area contributed by atoms with Crippen molar-refractivity contribution in [2.75, 3.05) is 5.88 Å². The summed E-state index contributed by atoms with van der Waals surface area (Å²) in [4.78, 5) is 4.61. The van der Waals surface area contributed by atoms with Crippen LogP contribution in [0.15, 0.2) is 12.1 Å². The van der Waals surface area contributed by atoms with Gasteiger partial charge in [0.05, 0.1) is 14.6 Å². The van der Waals surface area contributed by atoms with Gasteiger partial charge in [-0.3, -0.25) is 0 Å². The Bertz CT molecular complexity index is 582. The fourth-order valence-electron chi connectivity index (χ4n) is 2.44. The van der Waals surface area contributed by atoms with Crippen molar-refractivity contribution < 1.29 is 4.39 Å². The number of imidazole rings is 1. The van der Waals surface area contributed by atoms with Crippen molar-refractivity contribution in [3.63, 3.8) is 0 Å². The molecule has 1 aromatic carbocycles. The number of benzene rings is 1. The monoisotopic (exact) mass is 394 g/mol. The molecule has 0 fully saturated rings. The van der Waals surface area contributed by atoms with Gasteiger partial charge in [-0.05, 0) is 42.0 Å². The summed E-state index contributed by atoms with van der Waals surface area (Å²) in [5.74, 6) is 1.30. The summed E-state index contributed by atoms with van der Waals surface area (Å²) in [6.45, 7) is 4.30. The van der Waals surface area contributed by atoms with Crippen molar-refractivity contribution in [2.45, 2.75) is 39.2 Å². The summed E-state index contributed by atoms with van der Waals surface area (Å²) in [7, 11) is 0. The second kappa shape index (κ2) is 6.39. The van der Waals surface area contributed by atoms with Crippen molar-refractivity contribution >= 4 is 45.2 Å². The average Bonchev–Trinajstić information content (AvgIpc) is 2.68. The van der Waals surface area contributed by atoms with Crippen LogP contribution in [0, 0.1) is 9.39 Å². The maximum atomic E-state index is 13.8. The van der Waals surface area contributed by atoms with Gasteiger partial charge in [0.1, 0.15) is 11.6 Å². The van der Waals surface area contributed by atoms with Gasteiger partial charge in [-0.15, -0.1) is 11.6 Å². The zero-order valence-corrected chi connectivity index (χ0v) is 14.0. The Labute approximate surface area is 131 Å². The highest BCUT2D eigenvalue weighted by atomic mass is 127. The number of hydrogen-bond acceptors (Lipinski definition) is 1. The summed E-state index contributed by atoms with van der Waals surface area (Å²) >= 11 is 7.85. The van der Waals surface area contributed by atoms with Crippen LogP contribution in [-0.4, -0.2) is 15.4 Å². The normalized spacial score (nSPS) is 13.1. The molecule has 0 radical (unpaired) electrons. The van der Waals surface area contributed by atoms with Crippen LogP contribution in [0.1, 0.15) is 38.6 Å². The first-order valence-electron chi connectivity index (χ1n) is 6.50. The minimum Gasteiger partial charge on any atom is -0.325 e. The van der Waals surface area contributed by atoms with E-state index in [9.17, 15) is 4.39 Å². The Kier molecular flexibility index (Phi) is 5.06. The predicted molar refractivity (Wildman–Crippen MR) is 86.5 cm³/mol. The third-order valence-electron chi connectivity index (χ3n) is 3.27. The predicted octanol–water partition coefficient (Wildman–Crippen LogP) is 4.92. The number of halogens is 3. The molecule has 0 saturated heterocycles. The lowest BCUT2D eigenvalue weighted by atomic mass is 10.2. The minimum atomic E-state index is -0.185. The summed E-state index contributed by atoms with van der Waals surface area (Å²) in [6.07, 6.45) is 2.85. The van der Waals surface area contributed by atoms with Gasteiger partial charge in [-0.1, -0.05) is 13.3 Å². The molecule has 19 heavy (non-hydrogen) atoms. The van der Waals surface area contributed by atoms with Crippen LogP contribution in [0.5, 0.6) is 0 Å². The van der Waals surface area contributed by atoms with Gasteiger partial charge in [-0.2, -0.15) is 0 Å². The standard InChI is InChI=1S/C14H17ClFIN2/c1-3-4-9(2)19-13-7-10(16)11(17)8-12(13)18-14(19)5-6-15/h7-9H,3-6H2,1-2H3. The number of nitrogens with zero attached hydrogens (tertiary/aromatic N) is 2. The van der Waals surface area contributed by atoms with Crippen LogP contribution in [0.3, 0.4) is 0 Å². The Hall–Kier alpha value is -0.360. The van der Waals surface area contributed by atoms with Crippen molar-refractivity contribution in [2.24, 2.45) is 0 Å². The van der Waals surface area contributed by atoms with Crippen molar-refractivity contribution in [3.8, 4) is 0 Å². The molecule has 1 atom stereocenters. The van der Waals surface area contributed by atoms with E-state index in [2.05, 4.69) is 23.4 Å². The molecule has 0 N–H and O–H groups in total. The van der Waals surface area contributed by atoms with Gasteiger partial charge in [0.2, 0.25) is 0 Å². The van der Waals surface area contributed by atoms with Crippen molar-refractivity contribution in [1.29, 1.82) is 0 Å². The van der Waals surface area contributed by atoms with Gasteiger partial charge in [-0.25, -0.2) is 9.37 Å². The maximum absolute atomic E-state index is 13.8. The summed E-state index contributed by atoms with van der Waals surface area (Å²) in [5, 5.41) is 0. The van der Waals surface area contributed by atoms with Crippen LogP contribution in [-0.2, 0) is 6.42 Å². The lowest BCUT2D eigenvalue weighted by molar-refractivity contribution is 0.495. The molecule has 2 rings (SSSR count). The summed E-state index contributed by atoms with van der Waals surface area (Å²) in [6, 6.07) is 3.71. The molecule has 104 valence electrons. The van der Waals surface area contributed by atoms with E-state index in [0.717, 1.165) is 29.7 Å². The van der Waals surface area contributed by atoms with E-state index in [-0.39, 0.29) is 5.82 Å². The van der Waals surface area contributed by atoms with Gasteiger partial charge in [0, 0.05) is 24.4 Å². The molecule has 1 aromatic heterocycles. The summed E-state index contributed by atoms with van der Waals surface area (Å²) < 4.78 is 16.5. The van der Waals surface area contributed by atoms with E-state index in [4.69, 9.17) is 11.6 Å². The Morgan fingerprint density at radius 3 is 2.84 bits per heavy atom. The van der Waals surface area contributed by atoms with E-state index in [1.807, 2.05) is 22.6 Å². The molecule has 0 aliphatic rings. The number of fused-ring (bicyclic) bond motifs is 1. The molecule has 1 heterocycles. The van der Waals surface area contributed by atoms with Crippen molar-refractivity contribution in [3.05, 3.63) is 27.3 Å². The first-order valence-corrected chi connectivity index (χ1v) is 8.11. The first-order chi connectivity index (χ1) is 9.08. The number of aromatic nitrogens is 2. The van der Waals surface area contributed by atoms with Crippen LogP contribution >= 0.6 is 34.2 Å². The average molecular weight is 395 g/mol. The highest BCUT2D eigenvalue weighted by Gasteiger charge is 2.16. The Morgan fingerprint density at radius 1 is 1.47 bits per heavy atom. The lowest BCUT2D eigenvalue weighted by Crippen LogP contribution is -2.10. The van der Waals surface area contributed by atoms with Crippen LogP contribution in [0.2, 0.25) is 0 Å². The zero-order chi connectivity index (χ0) is 14.0. The molecular formula is C14H17ClFIN2. The lowest BCUT2D eigenvalue weighted by Gasteiger charge is -2.16. The SMILES string of the molecule is CCCC(C)n1c(CCCl)nc2cc(I)c(F)cc21. The molecule has 5 heteroatoms. The highest BCUT2D eigenvalue weighted by Crippen LogP contribution is 2.27. The fraction of sp³-hybridized carbons (Fsp3) is 0.500. The van der Waals surface area contributed by atoms with Crippen LogP contribution in [0.25, 0.3) is 11.0 Å². The molecule has 2 aromatic rings. The van der Waals surface area contributed by atoms with E-state index < -0.39 is 0 Å². The second-order valence-corrected chi connectivity index (χ2v) is 6.27. The molecule has 2 nitrogen and oxygen atoms in total. The van der Waals surface area contributed by atoms with E-state index >= 15 is 0 Å². The largest absolute Gasteiger partial charge is 0.325 e. The second-order valence-electron chi connectivity index (χ2n) is 4.73. The van der Waals surface area contributed by atoms with Gasteiger partial charge in [0.15, 0.2) is 0 Å².